The molecule has 1 aliphatic heterocycles. The number of amides is 1. The Morgan fingerprint density at radius 2 is 1.85 bits per heavy atom. The van der Waals surface area contributed by atoms with Crippen LogP contribution in [0.5, 0.6) is 0 Å². The summed E-state index contributed by atoms with van der Waals surface area (Å²) in [5.74, 6) is 0.0998. The Morgan fingerprint density at radius 1 is 1.07 bits per heavy atom. The molecule has 27 heavy (non-hydrogen) atoms. The zero-order chi connectivity index (χ0) is 19.0. The van der Waals surface area contributed by atoms with Crippen LogP contribution in [0.4, 0.5) is 5.69 Å². The molecule has 3 nitrogen and oxygen atoms in total. The topological polar surface area (TPSA) is 37.4 Å². The number of nitrogens with zero attached hydrogens (tertiary/aromatic N) is 1. The van der Waals surface area contributed by atoms with Gasteiger partial charge in [0.15, 0.2) is 5.78 Å². The highest BCUT2D eigenvalue weighted by Gasteiger charge is 2.39. The number of carbonyl (C=O) groups excluding carboxylic acids is 2. The van der Waals surface area contributed by atoms with Gasteiger partial charge in [-0.3, -0.25) is 14.5 Å². The second kappa shape index (κ2) is 7.64. The quantitative estimate of drug-likeness (QED) is 0.573. The molecule has 0 saturated heterocycles. The molecule has 1 heterocycles. The average molecular weight is 442 g/mol. The molecule has 0 spiro atoms. The fourth-order valence-electron chi connectivity index (χ4n) is 4.03. The van der Waals surface area contributed by atoms with E-state index in [-0.39, 0.29) is 17.6 Å². The summed E-state index contributed by atoms with van der Waals surface area (Å²) in [6.45, 7) is 0. The van der Waals surface area contributed by atoms with Gasteiger partial charge in [0.2, 0.25) is 5.91 Å². The van der Waals surface area contributed by atoms with E-state index in [0.29, 0.717) is 12.8 Å². The predicted octanol–water partition coefficient (Wildman–Crippen LogP) is 5.70. The summed E-state index contributed by atoms with van der Waals surface area (Å²) in [7, 11) is 0. The number of anilines is 1. The molecule has 0 radical (unpaired) electrons. The lowest BCUT2D eigenvalue weighted by atomic mass is 9.77. The molecular formula is C22H20BrNO2S. The summed E-state index contributed by atoms with van der Waals surface area (Å²) >= 11 is 5.18. The van der Waals surface area contributed by atoms with Crippen molar-refractivity contribution in [1.82, 2.24) is 0 Å². The maximum Gasteiger partial charge on any atom is 0.232 e. The number of benzene rings is 2. The van der Waals surface area contributed by atoms with Crippen LogP contribution in [0.1, 0.15) is 37.2 Å². The number of thioether (sulfide) groups is 1. The smallest absolute Gasteiger partial charge is 0.232 e. The molecule has 5 heteroatoms. The van der Waals surface area contributed by atoms with Crippen LogP contribution in [-0.4, -0.2) is 17.9 Å². The zero-order valence-electron chi connectivity index (χ0n) is 15.1. The average Bonchev–Trinajstić information content (AvgIpc) is 2.67. The Kier molecular flexibility index (Phi) is 5.24. The molecule has 1 atom stereocenters. The Bertz CT molecular complexity index is 936. The van der Waals surface area contributed by atoms with E-state index in [1.54, 1.807) is 16.7 Å². The molecule has 1 unspecified atom stereocenters. The highest BCUT2D eigenvalue weighted by molar-refractivity contribution is 9.10. The summed E-state index contributed by atoms with van der Waals surface area (Å²) in [5.41, 5.74) is 3.60. The van der Waals surface area contributed by atoms with Crippen LogP contribution in [0.15, 0.2) is 69.2 Å². The van der Waals surface area contributed by atoms with E-state index in [4.69, 9.17) is 0 Å². The van der Waals surface area contributed by atoms with E-state index in [9.17, 15) is 9.59 Å². The van der Waals surface area contributed by atoms with Gasteiger partial charge in [-0.05, 0) is 55.0 Å². The molecule has 0 aromatic heterocycles. The van der Waals surface area contributed by atoms with Crippen LogP contribution < -0.4 is 4.90 Å². The molecule has 0 N–H and O–H groups in total. The fraction of sp³-hybridized carbons (Fsp3) is 0.273. The first-order chi connectivity index (χ1) is 13.1. The molecule has 0 fully saturated rings. The minimum atomic E-state index is -0.139. The van der Waals surface area contributed by atoms with Gasteiger partial charge in [-0.15, -0.1) is 11.8 Å². The third-order valence-electron chi connectivity index (χ3n) is 5.26. The van der Waals surface area contributed by atoms with Crippen LogP contribution in [-0.2, 0) is 9.59 Å². The van der Waals surface area contributed by atoms with Gasteiger partial charge in [0.25, 0.3) is 0 Å². The van der Waals surface area contributed by atoms with Crippen molar-refractivity contribution in [2.75, 3.05) is 11.2 Å². The van der Waals surface area contributed by atoms with Crippen molar-refractivity contribution in [3.05, 3.63) is 69.8 Å². The van der Waals surface area contributed by atoms with E-state index in [0.717, 1.165) is 39.8 Å². The SMILES string of the molecule is CSc1ccc(C2CC(=O)N(c3cccc(Br)c3)C3=C2C(=O)CCC3)cc1. The Balaban J connectivity index is 1.82. The van der Waals surface area contributed by atoms with Gasteiger partial charge in [0.05, 0.1) is 0 Å². The zero-order valence-corrected chi connectivity index (χ0v) is 17.5. The van der Waals surface area contributed by atoms with Crippen molar-refractivity contribution in [1.29, 1.82) is 0 Å². The van der Waals surface area contributed by atoms with Gasteiger partial charge in [-0.25, -0.2) is 0 Å². The van der Waals surface area contributed by atoms with E-state index in [2.05, 4.69) is 40.2 Å². The highest BCUT2D eigenvalue weighted by Crippen LogP contribution is 2.43. The van der Waals surface area contributed by atoms with Crippen molar-refractivity contribution in [3.8, 4) is 0 Å². The minimum absolute atomic E-state index is 0.0560. The van der Waals surface area contributed by atoms with E-state index in [1.165, 1.54) is 4.90 Å². The largest absolute Gasteiger partial charge is 0.294 e. The second-order valence-corrected chi connectivity index (χ2v) is 8.67. The molecule has 1 aliphatic carbocycles. The molecule has 2 aliphatic rings. The van der Waals surface area contributed by atoms with Crippen LogP contribution in [0, 0.1) is 0 Å². The Morgan fingerprint density at radius 3 is 2.56 bits per heavy atom. The molecule has 4 rings (SSSR count). The van der Waals surface area contributed by atoms with Crippen LogP contribution >= 0.6 is 27.7 Å². The summed E-state index contributed by atoms with van der Waals surface area (Å²) in [6.07, 6.45) is 4.50. The lowest BCUT2D eigenvalue weighted by Gasteiger charge is -2.38. The third-order valence-corrected chi connectivity index (χ3v) is 6.50. The Hall–Kier alpha value is -1.85. The van der Waals surface area contributed by atoms with Crippen LogP contribution in [0.25, 0.3) is 0 Å². The maximum absolute atomic E-state index is 13.1. The number of Topliss-reactive ketones (excluding diaryl/α,β-unsaturated/α-hetero) is 1. The number of rotatable bonds is 3. The molecule has 0 saturated carbocycles. The first-order valence-corrected chi connectivity index (χ1v) is 11.1. The molecule has 2 aromatic carbocycles. The standard InChI is InChI=1S/C22H20BrNO2S/c1-27-17-10-8-14(9-11-17)18-13-21(26)24(16-5-2-4-15(23)12-16)19-6-3-7-20(25)22(18)19/h2,4-5,8-12,18H,3,6-7,13H2,1H3. The van der Waals surface area contributed by atoms with Crippen molar-refractivity contribution < 1.29 is 9.59 Å². The summed E-state index contributed by atoms with van der Waals surface area (Å²) in [4.78, 5) is 29.0. The van der Waals surface area contributed by atoms with Gasteiger partial charge < -0.3 is 0 Å². The van der Waals surface area contributed by atoms with Crippen LogP contribution in [0.3, 0.4) is 0 Å². The van der Waals surface area contributed by atoms with Gasteiger partial charge >= 0.3 is 0 Å². The van der Waals surface area contributed by atoms with Gasteiger partial charge in [0.1, 0.15) is 0 Å². The molecule has 0 bridgehead atoms. The lowest BCUT2D eigenvalue weighted by molar-refractivity contribution is -0.119. The molecule has 1 amide bonds. The molecule has 138 valence electrons. The monoisotopic (exact) mass is 441 g/mol. The number of carbonyl (C=O) groups is 2. The Labute approximate surface area is 172 Å². The normalized spacial score (nSPS) is 20.1. The van der Waals surface area contributed by atoms with Gasteiger partial charge in [0, 0.05) is 45.1 Å². The maximum atomic E-state index is 13.1. The highest BCUT2D eigenvalue weighted by atomic mass is 79.9. The predicted molar refractivity (Wildman–Crippen MR) is 113 cm³/mol. The summed E-state index contributed by atoms with van der Waals surface area (Å²) in [6, 6.07) is 16.0. The summed E-state index contributed by atoms with van der Waals surface area (Å²) in [5, 5.41) is 0. The first-order valence-electron chi connectivity index (χ1n) is 9.07. The number of hydrogen-bond acceptors (Lipinski definition) is 3. The van der Waals surface area contributed by atoms with Gasteiger partial charge in [-0.2, -0.15) is 0 Å². The van der Waals surface area contributed by atoms with Crippen LogP contribution in [0.2, 0.25) is 0 Å². The summed E-state index contributed by atoms with van der Waals surface area (Å²) < 4.78 is 0.923. The minimum Gasteiger partial charge on any atom is -0.294 e. The molecule has 2 aromatic rings. The van der Waals surface area contributed by atoms with E-state index >= 15 is 0 Å². The van der Waals surface area contributed by atoms with E-state index < -0.39 is 0 Å². The van der Waals surface area contributed by atoms with Crippen molar-refractivity contribution in [2.24, 2.45) is 0 Å². The first kappa shape index (κ1) is 18.5. The fourth-order valence-corrected chi connectivity index (χ4v) is 4.82. The van der Waals surface area contributed by atoms with Crippen molar-refractivity contribution in [2.45, 2.75) is 36.5 Å². The van der Waals surface area contributed by atoms with Crippen molar-refractivity contribution >= 4 is 45.1 Å². The number of allylic oxidation sites excluding steroid dienone is 2. The third kappa shape index (κ3) is 3.50. The van der Waals surface area contributed by atoms with E-state index in [1.807, 2.05) is 30.5 Å². The number of halogens is 1. The number of ketones is 1. The van der Waals surface area contributed by atoms with Crippen molar-refractivity contribution in [3.63, 3.8) is 0 Å². The molecular weight excluding hydrogens is 422 g/mol. The lowest BCUT2D eigenvalue weighted by Crippen LogP contribution is -2.40. The van der Waals surface area contributed by atoms with Gasteiger partial charge in [-0.1, -0.05) is 34.1 Å². The second-order valence-electron chi connectivity index (χ2n) is 6.88. The number of hydrogen-bond donors (Lipinski definition) is 0.